The topological polar surface area (TPSA) is 52.6 Å². The number of amides is 2. The van der Waals surface area contributed by atoms with Crippen LogP contribution in [0.3, 0.4) is 0 Å². The number of hydrogen-bond donors (Lipinski definition) is 1. The smallest absolute Gasteiger partial charge is 0.262 e. The van der Waals surface area contributed by atoms with Gasteiger partial charge in [0.2, 0.25) is 5.91 Å². The van der Waals surface area contributed by atoms with Crippen LogP contribution in [-0.4, -0.2) is 59.9 Å². The SMILES string of the molecule is CCN1CCN(C(=O)[C@@H](NC(=O)c2cccs2)C(C)C)[C@@H](C)C1. The van der Waals surface area contributed by atoms with Crippen LogP contribution < -0.4 is 5.32 Å². The second kappa shape index (κ2) is 7.93. The predicted molar refractivity (Wildman–Crippen MR) is 93.7 cm³/mol. The first-order chi connectivity index (χ1) is 10.9. The lowest BCUT2D eigenvalue weighted by Crippen LogP contribution is -2.59. The molecule has 6 heteroatoms. The molecule has 1 N–H and O–H groups in total. The zero-order valence-electron chi connectivity index (χ0n) is 14.4. The first-order valence-electron chi connectivity index (χ1n) is 8.31. The summed E-state index contributed by atoms with van der Waals surface area (Å²) >= 11 is 1.39. The molecular weight excluding hydrogens is 310 g/mol. The average molecular weight is 337 g/mol. The molecule has 0 unspecified atom stereocenters. The predicted octanol–water partition coefficient (Wildman–Crippen LogP) is 2.06. The molecule has 1 aliphatic rings. The molecule has 0 spiro atoms. The molecule has 2 amide bonds. The minimum atomic E-state index is -0.472. The Morgan fingerprint density at radius 2 is 2.13 bits per heavy atom. The molecule has 0 aromatic carbocycles. The molecular formula is C17H27N3O2S. The van der Waals surface area contributed by atoms with Gasteiger partial charge in [-0.15, -0.1) is 11.3 Å². The van der Waals surface area contributed by atoms with Gasteiger partial charge in [-0.1, -0.05) is 26.8 Å². The summed E-state index contributed by atoms with van der Waals surface area (Å²) in [5, 5.41) is 4.80. The summed E-state index contributed by atoms with van der Waals surface area (Å²) in [6, 6.07) is 3.33. The summed E-state index contributed by atoms with van der Waals surface area (Å²) in [7, 11) is 0. The maximum absolute atomic E-state index is 12.9. The van der Waals surface area contributed by atoms with Crippen LogP contribution in [0.2, 0.25) is 0 Å². The Hall–Kier alpha value is -1.40. The second-order valence-corrected chi connectivity index (χ2v) is 7.39. The Kier molecular flexibility index (Phi) is 6.18. The van der Waals surface area contributed by atoms with Crippen molar-refractivity contribution in [3.63, 3.8) is 0 Å². The van der Waals surface area contributed by atoms with Gasteiger partial charge in [0, 0.05) is 25.7 Å². The number of nitrogens with zero attached hydrogens (tertiary/aromatic N) is 2. The van der Waals surface area contributed by atoms with Gasteiger partial charge < -0.3 is 10.2 Å². The normalized spacial score (nSPS) is 20.6. The maximum atomic E-state index is 12.9. The molecule has 2 atom stereocenters. The molecule has 1 aliphatic heterocycles. The van der Waals surface area contributed by atoms with Gasteiger partial charge >= 0.3 is 0 Å². The lowest BCUT2D eigenvalue weighted by Gasteiger charge is -2.41. The van der Waals surface area contributed by atoms with Gasteiger partial charge in [0.1, 0.15) is 6.04 Å². The van der Waals surface area contributed by atoms with Gasteiger partial charge in [-0.05, 0) is 30.8 Å². The summed E-state index contributed by atoms with van der Waals surface area (Å²) in [4.78, 5) is 30.2. The second-order valence-electron chi connectivity index (χ2n) is 6.45. The third kappa shape index (κ3) is 4.32. The number of carbonyl (C=O) groups excluding carboxylic acids is 2. The number of thiophene rings is 1. The summed E-state index contributed by atoms with van der Waals surface area (Å²) in [6.07, 6.45) is 0. The summed E-state index contributed by atoms with van der Waals surface area (Å²) < 4.78 is 0. The quantitative estimate of drug-likeness (QED) is 0.895. The number of carbonyl (C=O) groups is 2. The van der Waals surface area contributed by atoms with E-state index in [1.165, 1.54) is 11.3 Å². The lowest BCUT2D eigenvalue weighted by atomic mass is 10.0. The Balaban J connectivity index is 2.05. The van der Waals surface area contributed by atoms with Gasteiger partial charge in [-0.25, -0.2) is 0 Å². The van der Waals surface area contributed by atoms with E-state index in [9.17, 15) is 9.59 Å². The fourth-order valence-electron chi connectivity index (χ4n) is 2.96. The molecule has 2 heterocycles. The van der Waals surface area contributed by atoms with Crippen molar-refractivity contribution in [3.8, 4) is 0 Å². The van der Waals surface area contributed by atoms with Crippen LogP contribution in [0.25, 0.3) is 0 Å². The number of hydrogen-bond acceptors (Lipinski definition) is 4. The first-order valence-corrected chi connectivity index (χ1v) is 9.19. The largest absolute Gasteiger partial charge is 0.339 e. The summed E-state index contributed by atoms with van der Waals surface area (Å²) in [5.41, 5.74) is 0. The van der Waals surface area contributed by atoms with Crippen LogP contribution >= 0.6 is 11.3 Å². The third-order valence-corrected chi connectivity index (χ3v) is 5.27. The van der Waals surface area contributed by atoms with Gasteiger partial charge in [0.05, 0.1) is 4.88 Å². The minimum absolute atomic E-state index is 0.0353. The molecule has 23 heavy (non-hydrogen) atoms. The van der Waals surface area contributed by atoms with E-state index in [0.29, 0.717) is 4.88 Å². The van der Waals surface area contributed by atoms with E-state index in [-0.39, 0.29) is 23.8 Å². The molecule has 1 saturated heterocycles. The average Bonchev–Trinajstić information content (AvgIpc) is 3.05. The molecule has 0 radical (unpaired) electrons. The third-order valence-electron chi connectivity index (χ3n) is 4.41. The lowest BCUT2D eigenvalue weighted by molar-refractivity contribution is -0.138. The maximum Gasteiger partial charge on any atom is 0.262 e. The van der Waals surface area contributed by atoms with E-state index in [1.54, 1.807) is 6.07 Å². The van der Waals surface area contributed by atoms with Gasteiger partial charge in [0.25, 0.3) is 5.91 Å². The number of rotatable bonds is 5. The highest BCUT2D eigenvalue weighted by Gasteiger charge is 2.33. The Morgan fingerprint density at radius 3 is 2.65 bits per heavy atom. The van der Waals surface area contributed by atoms with Gasteiger partial charge in [0.15, 0.2) is 0 Å². The van der Waals surface area contributed by atoms with Crippen LogP contribution in [-0.2, 0) is 4.79 Å². The standard InChI is InChI=1S/C17H27N3O2S/c1-5-19-8-9-20(13(4)11-19)17(22)15(12(2)3)18-16(21)14-7-6-10-23-14/h6-7,10,12-13,15H,5,8-9,11H2,1-4H3,(H,18,21)/t13-,15-/m0/s1. The van der Waals surface area contributed by atoms with Crippen molar-refractivity contribution in [2.24, 2.45) is 5.92 Å². The molecule has 1 fully saturated rings. The Bertz CT molecular complexity index is 530. The van der Waals surface area contributed by atoms with Crippen molar-refractivity contribution in [1.82, 2.24) is 15.1 Å². The number of nitrogens with one attached hydrogen (secondary N) is 1. The van der Waals surface area contributed by atoms with Crippen LogP contribution in [0.1, 0.15) is 37.4 Å². The van der Waals surface area contributed by atoms with Crippen molar-refractivity contribution in [2.45, 2.75) is 39.8 Å². The van der Waals surface area contributed by atoms with Crippen molar-refractivity contribution < 1.29 is 9.59 Å². The van der Waals surface area contributed by atoms with Crippen molar-refractivity contribution >= 4 is 23.2 Å². The zero-order valence-corrected chi connectivity index (χ0v) is 15.2. The molecule has 0 bridgehead atoms. The molecule has 1 aromatic heterocycles. The Morgan fingerprint density at radius 1 is 1.39 bits per heavy atom. The van der Waals surface area contributed by atoms with Crippen LogP contribution in [0, 0.1) is 5.92 Å². The molecule has 2 rings (SSSR count). The van der Waals surface area contributed by atoms with Gasteiger partial charge in [-0.3, -0.25) is 14.5 Å². The van der Waals surface area contributed by atoms with E-state index in [4.69, 9.17) is 0 Å². The summed E-state index contributed by atoms with van der Waals surface area (Å²) in [5.74, 6) is -0.0668. The minimum Gasteiger partial charge on any atom is -0.339 e. The fourth-order valence-corrected chi connectivity index (χ4v) is 3.59. The highest BCUT2D eigenvalue weighted by atomic mass is 32.1. The molecule has 1 aromatic rings. The molecule has 5 nitrogen and oxygen atoms in total. The van der Waals surface area contributed by atoms with Crippen molar-refractivity contribution in [2.75, 3.05) is 26.2 Å². The van der Waals surface area contributed by atoms with E-state index in [0.717, 1.165) is 26.2 Å². The van der Waals surface area contributed by atoms with E-state index >= 15 is 0 Å². The van der Waals surface area contributed by atoms with Crippen molar-refractivity contribution in [1.29, 1.82) is 0 Å². The highest BCUT2D eigenvalue weighted by molar-refractivity contribution is 7.12. The van der Waals surface area contributed by atoms with E-state index in [2.05, 4.69) is 24.1 Å². The van der Waals surface area contributed by atoms with E-state index in [1.807, 2.05) is 30.2 Å². The first kappa shape index (κ1) is 17.9. The van der Waals surface area contributed by atoms with Crippen LogP contribution in [0.15, 0.2) is 17.5 Å². The van der Waals surface area contributed by atoms with Crippen LogP contribution in [0.5, 0.6) is 0 Å². The molecule has 0 aliphatic carbocycles. The van der Waals surface area contributed by atoms with E-state index < -0.39 is 6.04 Å². The zero-order chi connectivity index (χ0) is 17.0. The highest BCUT2D eigenvalue weighted by Crippen LogP contribution is 2.16. The van der Waals surface area contributed by atoms with Crippen molar-refractivity contribution in [3.05, 3.63) is 22.4 Å². The Labute approximate surface area is 142 Å². The number of piperazine rings is 1. The van der Waals surface area contributed by atoms with Crippen LogP contribution in [0.4, 0.5) is 0 Å². The monoisotopic (exact) mass is 337 g/mol. The molecule has 128 valence electrons. The molecule has 0 saturated carbocycles. The number of likely N-dealkylation sites (N-methyl/N-ethyl adjacent to an activating group) is 1. The van der Waals surface area contributed by atoms with Gasteiger partial charge in [-0.2, -0.15) is 0 Å². The summed E-state index contributed by atoms with van der Waals surface area (Å²) in [6.45, 7) is 11.7. The fraction of sp³-hybridized carbons (Fsp3) is 0.647.